The number of esters is 1. The Bertz CT molecular complexity index is 1090. The molecule has 0 saturated carbocycles. The standard InChI is InChI=1S/C21H19F4N3O2/c1-4-30-20(29)18-11-28(27-13(18)3)19-9-17(26-10-12(19)2)7-14-5-15(21(23,24)25)8-16(22)6-14/h5-6,8-11H,4,7H2,1-3H3. The van der Waals surface area contributed by atoms with E-state index in [0.717, 1.165) is 17.7 Å². The number of alkyl halides is 3. The predicted molar refractivity (Wildman–Crippen MR) is 101 cm³/mol. The minimum Gasteiger partial charge on any atom is -0.462 e. The maximum atomic E-state index is 13.7. The first-order valence-corrected chi connectivity index (χ1v) is 9.14. The van der Waals surface area contributed by atoms with Crippen molar-refractivity contribution in [3.63, 3.8) is 0 Å². The quantitative estimate of drug-likeness (QED) is 0.438. The van der Waals surface area contributed by atoms with Crippen molar-refractivity contribution in [2.75, 3.05) is 6.61 Å². The number of rotatable bonds is 5. The van der Waals surface area contributed by atoms with Crippen molar-refractivity contribution < 1.29 is 27.1 Å². The predicted octanol–water partition coefficient (Wildman–Crippen LogP) is 4.81. The lowest BCUT2D eigenvalue weighted by atomic mass is 10.0. The number of carbonyl (C=O) groups is 1. The molecule has 5 nitrogen and oxygen atoms in total. The molecule has 0 unspecified atom stereocenters. The van der Waals surface area contributed by atoms with E-state index < -0.39 is 23.5 Å². The summed E-state index contributed by atoms with van der Waals surface area (Å²) in [5, 5.41) is 4.33. The Hall–Kier alpha value is -3.23. The van der Waals surface area contributed by atoms with Crippen LogP contribution in [0.3, 0.4) is 0 Å². The molecular weight excluding hydrogens is 402 g/mol. The molecule has 2 heterocycles. The summed E-state index contributed by atoms with van der Waals surface area (Å²) in [5.74, 6) is -1.46. The lowest BCUT2D eigenvalue weighted by Gasteiger charge is -2.11. The number of carbonyl (C=O) groups excluding carboxylic acids is 1. The summed E-state index contributed by atoms with van der Waals surface area (Å²) in [7, 11) is 0. The Morgan fingerprint density at radius 2 is 1.90 bits per heavy atom. The van der Waals surface area contributed by atoms with Gasteiger partial charge in [-0.2, -0.15) is 18.3 Å². The van der Waals surface area contributed by atoms with Crippen molar-refractivity contribution in [2.45, 2.75) is 33.4 Å². The maximum Gasteiger partial charge on any atom is 0.416 e. The lowest BCUT2D eigenvalue weighted by molar-refractivity contribution is -0.137. The number of aromatic nitrogens is 3. The molecule has 0 fully saturated rings. The molecule has 3 aromatic rings. The second-order valence-electron chi connectivity index (χ2n) is 6.78. The van der Waals surface area contributed by atoms with Crippen LogP contribution >= 0.6 is 0 Å². The zero-order valence-corrected chi connectivity index (χ0v) is 16.5. The average Bonchev–Trinajstić information content (AvgIpc) is 3.04. The molecule has 1 aromatic carbocycles. The van der Waals surface area contributed by atoms with Crippen LogP contribution in [0.15, 0.2) is 36.7 Å². The third kappa shape index (κ3) is 4.67. The second kappa shape index (κ2) is 8.25. The topological polar surface area (TPSA) is 57.0 Å². The van der Waals surface area contributed by atoms with Gasteiger partial charge in [-0.15, -0.1) is 0 Å². The third-order valence-corrected chi connectivity index (χ3v) is 4.44. The van der Waals surface area contributed by atoms with Crippen LogP contribution in [-0.4, -0.2) is 27.3 Å². The molecule has 158 valence electrons. The van der Waals surface area contributed by atoms with Crippen LogP contribution in [0.4, 0.5) is 17.6 Å². The second-order valence-corrected chi connectivity index (χ2v) is 6.78. The van der Waals surface area contributed by atoms with E-state index in [1.165, 1.54) is 10.9 Å². The fourth-order valence-electron chi connectivity index (χ4n) is 3.02. The molecular formula is C21H19F4N3O2. The van der Waals surface area contributed by atoms with Crippen LogP contribution in [0.2, 0.25) is 0 Å². The fraction of sp³-hybridized carbons (Fsp3) is 0.286. The average molecular weight is 421 g/mol. The third-order valence-electron chi connectivity index (χ3n) is 4.44. The van der Waals surface area contributed by atoms with Gasteiger partial charge in [0.2, 0.25) is 0 Å². The summed E-state index contributed by atoms with van der Waals surface area (Å²) in [5.41, 5.74) is 1.67. The van der Waals surface area contributed by atoms with E-state index in [0.29, 0.717) is 28.7 Å². The van der Waals surface area contributed by atoms with Crippen molar-refractivity contribution in [1.29, 1.82) is 0 Å². The number of nitrogens with zero attached hydrogens (tertiary/aromatic N) is 3. The molecule has 30 heavy (non-hydrogen) atoms. The Kier molecular flexibility index (Phi) is 5.91. The molecule has 3 rings (SSSR count). The molecule has 0 atom stereocenters. The lowest BCUT2D eigenvalue weighted by Crippen LogP contribution is -2.07. The van der Waals surface area contributed by atoms with Gasteiger partial charge in [0, 0.05) is 24.5 Å². The highest BCUT2D eigenvalue weighted by atomic mass is 19.4. The zero-order valence-electron chi connectivity index (χ0n) is 16.5. The first kappa shape index (κ1) is 21.5. The smallest absolute Gasteiger partial charge is 0.416 e. The summed E-state index contributed by atoms with van der Waals surface area (Å²) in [6.45, 7) is 5.39. The highest BCUT2D eigenvalue weighted by molar-refractivity contribution is 5.90. The summed E-state index contributed by atoms with van der Waals surface area (Å²) in [6.07, 6.45) is -1.56. The van der Waals surface area contributed by atoms with E-state index >= 15 is 0 Å². The molecule has 0 spiro atoms. The van der Waals surface area contributed by atoms with E-state index in [4.69, 9.17) is 4.74 Å². The number of pyridine rings is 1. The van der Waals surface area contributed by atoms with Crippen molar-refractivity contribution >= 4 is 5.97 Å². The van der Waals surface area contributed by atoms with Crippen LogP contribution in [0.25, 0.3) is 5.69 Å². The van der Waals surface area contributed by atoms with Gasteiger partial charge in [-0.25, -0.2) is 13.9 Å². The summed E-state index contributed by atoms with van der Waals surface area (Å²) in [6, 6.07) is 4.06. The molecule has 0 aliphatic heterocycles. The van der Waals surface area contributed by atoms with Crippen molar-refractivity contribution in [2.24, 2.45) is 0 Å². The van der Waals surface area contributed by atoms with Gasteiger partial charge in [-0.1, -0.05) is 0 Å². The molecule has 0 aliphatic carbocycles. The monoisotopic (exact) mass is 421 g/mol. The minimum absolute atomic E-state index is 0.000889. The molecule has 2 aromatic heterocycles. The minimum atomic E-state index is -4.64. The Morgan fingerprint density at radius 1 is 1.17 bits per heavy atom. The van der Waals surface area contributed by atoms with Gasteiger partial charge in [-0.05, 0) is 56.2 Å². The molecule has 0 N–H and O–H groups in total. The largest absolute Gasteiger partial charge is 0.462 e. The van der Waals surface area contributed by atoms with Crippen molar-refractivity contribution in [3.05, 3.63) is 76.1 Å². The first-order chi connectivity index (χ1) is 14.1. The number of hydrogen-bond donors (Lipinski definition) is 0. The van der Waals surface area contributed by atoms with Crippen LogP contribution in [0.1, 0.15) is 45.4 Å². The van der Waals surface area contributed by atoms with Gasteiger partial charge in [-0.3, -0.25) is 4.98 Å². The Labute approximate surface area is 170 Å². The van der Waals surface area contributed by atoms with Gasteiger partial charge in [0.25, 0.3) is 0 Å². The van der Waals surface area contributed by atoms with Crippen LogP contribution in [-0.2, 0) is 17.3 Å². The highest BCUT2D eigenvalue weighted by Crippen LogP contribution is 2.31. The van der Waals surface area contributed by atoms with Gasteiger partial charge < -0.3 is 4.74 Å². The number of aryl methyl sites for hydroxylation is 2. The van der Waals surface area contributed by atoms with Gasteiger partial charge in [0.1, 0.15) is 11.4 Å². The van der Waals surface area contributed by atoms with E-state index in [-0.39, 0.29) is 18.6 Å². The molecule has 9 heteroatoms. The van der Waals surface area contributed by atoms with Crippen molar-refractivity contribution in [3.8, 4) is 5.69 Å². The normalized spacial score (nSPS) is 11.6. The number of halogens is 4. The van der Waals surface area contributed by atoms with Gasteiger partial charge in [0.15, 0.2) is 0 Å². The van der Waals surface area contributed by atoms with Crippen LogP contribution < -0.4 is 0 Å². The zero-order chi connectivity index (χ0) is 22.1. The van der Waals surface area contributed by atoms with Gasteiger partial charge in [0.05, 0.1) is 23.6 Å². The maximum absolute atomic E-state index is 13.7. The number of benzene rings is 1. The Balaban J connectivity index is 1.95. The van der Waals surface area contributed by atoms with Gasteiger partial charge >= 0.3 is 12.1 Å². The summed E-state index contributed by atoms with van der Waals surface area (Å²) >= 11 is 0. The molecule has 0 bridgehead atoms. The Morgan fingerprint density at radius 3 is 2.57 bits per heavy atom. The van der Waals surface area contributed by atoms with E-state index in [1.54, 1.807) is 33.0 Å². The van der Waals surface area contributed by atoms with Crippen molar-refractivity contribution in [1.82, 2.24) is 14.8 Å². The molecule has 0 aliphatic rings. The summed E-state index contributed by atoms with van der Waals surface area (Å²) < 4.78 is 59.0. The van der Waals surface area contributed by atoms with Crippen LogP contribution in [0, 0.1) is 19.7 Å². The SMILES string of the molecule is CCOC(=O)c1cn(-c2cc(Cc3cc(F)cc(C(F)(F)F)c3)ncc2C)nc1C. The number of hydrogen-bond acceptors (Lipinski definition) is 4. The van der Waals surface area contributed by atoms with Crippen LogP contribution in [0.5, 0.6) is 0 Å². The number of ether oxygens (including phenoxy) is 1. The molecule has 0 radical (unpaired) electrons. The molecule has 0 amide bonds. The molecule has 0 saturated heterocycles. The highest BCUT2D eigenvalue weighted by Gasteiger charge is 2.31. The van der Waals surface area contributed by atoms with E-state index in [2.05, 4.69) is 10.1 Å². The van der Waals surface area contributed by atoms with E-state index in [1.807, 2.05) is 0 Å². The summed E-state index contributed by atoms with van der Waals surface area (Å²) in [4.78, 5) is 16.3. The fourth-order valence-corrected chi connectivity index (χ4v) is 3.02. The first-order valence-electron chi connectivity index (χ1n) is 9.14. The van der Waals surface area contributed by atoms with E-state index in [9.17, 15) is 22.4 Å².